The van der Waals surface area contributed by atoms with Gasteiger partial charge in [-0.25, -0.2) is 0 Å². The average molecular weight is 362 g/mol. The van der Waals surface area contributed by atoms with Gasteiger partial charge < -0.3 is 5.32 Å². The molecule has 0 saturated carbocycles. The molecule has 0 aliphatic rings. The van der Waals surface area contributed by atoms with Crippen LogP contribution in [0.3, 0.4) is 0 Å². The van der Waals surface area contributed by atoms with E-state index in [1.807, 2.05) is 6.07 Å². The van der Waals surface area contributed by atoms with Crippen molar-refractivity contribution in [1.82, 2.24) is 5.32 Å². The Morgan fingerprint density at radius 2 is 2.11 bits per heavy atom. The minimum atomic E-state index is -0.349. The van der Waals surface area contributed by atoms with Crippen LogP contribution >= 0.6 is 22.6 Å². The van der Waals surface area contributed by atoms with Crippen LogP contribution in [-0.4, -0.2) is 17.5 Å². The molecular weight excluding hydrogens is 343 g/mol. The number of benzene rings is 1. The Labute approximate surface area is 121 Å². The molecule has 1 aromatic carbocycles. The monoisotopic (exact) mass is 362 g/mol. The molecule has 4 nitrogen and oxygen atoms in total. The Morgan fingerprint density at radius 3 is 2.56 bits per heavy atom. The molecule has 5 heteroatoms. The van der Waals surface area contributed by atoms with Crippen LogP contribution in [0.5, 0.6) is 0 Å². The molecule has 0 heterocycles. The maximum absolute atomic E-state index is 10.7. The second kappa shape index (κ2) is 7.04. The molecular formula is C13H19IN2O2. The molecule has 0 aliphatic carbocycles. The zero-order valence-corrected chi connectivity index (χ0v) is 13.1. The third-order valence-electron chi connectivity index (χ3n) is 3.20. The van der Waals surface area contributed by atoms with Crippen LogP contribution < -0.4 is 5.32 Å². The second-order valence-corrected chi connectivity index (χ2v) is 5.49. The summed E-state index contributed by atoms with van der Waals surface area (Å²) in [4.78, 5) is 10.4. The van der Waals surface area contributed by atoms with Crippen LogP contribution in [0.1, 0.15) is 38.7 Å². The van der Waals surface area contributed by atoms with Gasteiger partial charge >= 0.3 is 0 Å². The van der Waals surface area contributed by atoms with Crippen molar-refractivity contribution in [1.29, 1.82) is 0 Å². The van der Waals surface area contributed by atoms with Crippen molar-refractivity contribution < 1.29 is 4.92 Å². The number of rotatable bonds is 6. The molecule has 0 aromatic heterocycles. The average Bonchev–Trinajstić information content (AvgIpc) is 2.34. The van der Waals surface area contributed by atoms with Crippen LogP contribution in [-0.2, 0) is 0 Å². The van der Waals surface area contributed by atoms with E-state index in [0.29, 0.717) is 12.0 Å². The summed E-state index contributed by atoms with van der Waals surface area (Å²) in [5.74, 6) is 0.350. The Kier molecular flexibility index (Phi) is 6.01. The van der Waals surface area contributed by atoms with Gasteiger partial charge in [0.05, 0.1) is 4.92 Å². The lowest BCUT2D eigenvalue weighted by molar-refractivity contribution is -0.385. The molecule has 0 bridgehead atoms. The fourth-order valence-corrected chi connectivity index (χ4v) is 3.14. The number of non-ortho nitro benzene ring substituents is 1. The molecule has 0 radical (unpaired) electrons. The SMILES string of the molecule is CCNC(CC)C(C)c1ccc([N+](=O)[O-])cc1I. The highest BCUT2D eigenvalue weighted by molar-refractivity contribution is 14.1. The Balaban J connectivity index is 2.98. The molecule has 1 N–H and O–H groups in total. The Hall–Kier alpha value is -0.690. The summed E-state index contributed by atoms with van der Waals surface area (Å²) in [6.07, 6.45) is 1.04. The molecule has 0 fully saturated rings. The van der Waals surface area contributed by atoms with E-state index < -0.39 is 0 Å². The molecule has 0 saturated heterocycles. The fourth-order valence-electron chi connectivity index (χ4n) is 2.15. The maximum Gasteiger partial charge on any atom is 0.270 e. The minimum Gasteiger partial charge on any atom is -0.314 e. The topological polar surface area (TPSA) is 55.2 Å². The van der Waals surface area contributed by atoms with Gasteiger partial charge in [0.1, 0.15) is 0 Å². The highest BCUT2D eigenvalue weighted by atomic mass is 127. The third-order valence-corrected chi connectivity index (χ3v) is 4.13. The fraction of sp³-hybridized carbons (Fsp3) is 0.538. The van der Waals surface area contributed by atoms with E-state index in [9.17, 15) is 10.1 Å². The molecule has 0 aliphatic heterocycles. The predicted octanol–water partition coefficient (Wildman–Crippen LogP) is 3.69. The highest BCUT2D eigenvalue weighted by Crippen LogP contribution is 2.28. The normalized spacial score (nSPS) is 14.2. The quantitative estimate of drug-likeness (QED) is 0.477. The molecule has 100 valence electrons. The van der Waals surface area contributed by atoms with Crippen molar-refractivity contribution in [3.05, 3.63) is 37.4 Å². The standard InChI is InChI=1S/C13H19IN2O2/c1-4-13(15-5-2)9(3)11-7-6-10(16(17)18)8-12(11)14/h6-9,13,15H,4-5H2,1-3H3. The van der Waals surface area contributed by atoms with Crippen LogP contribution in [0.2, 0.25) is 0 Å². The summed E-state index contributed by atoms with van der Waals surface area (Å²) in [7, 11) is 0. The lowest BCUT2D eigenvalue weighted by atomic mass is 9.91. The first-order valence-corrected chi connectivity index (χ1v) is 7.26. The van der Waals surface area contributed by atoms with E-state index in [2.05, 4.69) is 48.7 Å². The minimum absolute atomic E-state index is 0.159. The number of nitrogens with zero attached hydrogens (tertiary/aromatic N) is 1. The van der Waals surface area contributed by atoms with Gasteiger partial charge in [-0.05, 0) is 47.0 Å². The van der Waals surface area contributed by atoms with Gasteiger partial charge in [0.25, 0.3) is 5.69 Å². The number of nitro benzene ring substituents is 1. The highest BCUT2D eigenvalue weighted by Gasteiger charge is 2.20. The van der Waals surface area contributed by atoms with E-state index in [0.717, 1.165) is 16.5 Å². The number of nitro groups is 1. The first kappa shape index (κ1) is 15.4. The van der Waals surface area contributed by atoms with Crippen molar-refractivity contribution in [2.45, 2.75) is 39.2 Å². The molecule has 2 atom stereocenters. The van der Waals surface area contributed by atoms with Gasteiger partial charge in [0, 0.05) is 21.7 Å². The van der Waals surface area contributed by atoms with Crippen LogP contribution in [0, 0.1) is 13.7 Å². The largest absolute Gasteiger partial charge is 0.314 e. The predicted molar refractivity (Wildman–Crippen MR) is 82.0 cm³/mol. The molecule has 1 rings (SSSR count). The summed E-state index contributed by atoms with van der Waals surface area (Å²) < 4.78 is 0.964. The lowest BCUT2D eigenvalue weighted by Gasteiger charge is -2.24. The van der Waals surface area contributed by atoms with Gasteiger partial charge in [0.2, 0.25) is 0 Å². The van der Waals surface area contributed by atoms with Crippen LogP contribution in [0.25, 0.3) is 0 Å². The summed E-state index contributed by atoms with van der Waals surface area (Å²) >= 11 is 2.18. The lowest BCUT2D eigenvalue weighted by Crippen LogP contribution is -2.33. The van der Waals surface area contributed by atoms with Gasteiger partial charge in [-0.3, -0.25) is 10.1 Å². The molecule has 0 spiro atoms. The van der Waals surface area contributed by atoms with Crippen molar-refractivity contribution in [2.24, 2.45) is 0 Å². The van der Waals surface area contributed by atoms with Gasteiger partial charge in [-0.1, -0.05) is 26.8 Å². The summed E-state index contributed by atoms with van der Waals surface area (Å²) in [5, 5.41) is 14.2. The van der Waals surface area contributed by atoms with E-state index >= 15 is 0 Å². The van der Waals surface area contributed by atoms with Crippen LogP contribution in [0.15, 0.2) is 18.2 Å². The number of halogens is 1. The van der Waals surface area contributed by atoms with E-state index in [1.165, 1.54) is 5.56 Å². The number of hydrogen-bond acceptors (Lipinski definition) is 3. The number of likely N-dealkylation sites (N-methyl/N-ethyl adjacent to an activating group) is 1. The van der Waals surface area contributed by atoms with E-state index in [-0.39, 0.29) is 10.6 Å². The smallest absolute Gasteiger partial charge is 0.270 e. The van der Waals surface area contributed by atoms with Gasteiger partial charge in [-0.15, -0.1) is 0 Å². The first-order valence-electron chi connectivity index (χ1n) is 6.18. The van der Waals surface area contributed by atoms with E-state index in [4.69, 9.17) is 0 Å². The maximum atomic E-state index is 10.7. The van der Waals surface area contributed by atoms with Crippen LogP contribution in [0.4, 0.5) is 5.69 Å². The Bertz CT molecular complexity index is 423. The van der Waals surface area contributed by atoms with Crippen molar-refractivity contribution in [2.75, 3.05) is 6.54 Å². The van der Waals surface area contributed by atoms with Gasteiger partial charge in [-0.2, -0.15) is 0 Å². The molecule has 1 aromatic rings. The zero-order chi connectivity index (χ0) is 13.7. The summed E-state index contributed by atoms with van der Waals surface area (Å²) in [6.45, 7) is 7.35. The van der Waals surface area contributed by atoms with E-state index in [1.54, 1.807) is 12.1 Å². The Morgan fingerprint density at radius 1 is 1.44 bits per heavy atom. The summed E-state index contributed by atoms with van der Waals surface area (Å²) in [5.41, 5.74) is 1.33. The zero-order valence-electron chi connectivity index (χ0n) is 10.9. The third kappa shape index (κ3) is 3.65. The molecule has 2 unspecified atom stereocenters. The number of nitrogens with one attached hydrogen (secondary N) is 1. The second-order valence-electron chi connectivity index (χ2n) is 4.32. The molecule has 18 heavy (non-hydrogen) atoms. The first-order chi connectivity index (χ1) is 8.51. The van der Waals surface area contributed by atoms with Crippen molar-refractivity contribution >= 4 is 28.3 Å². The van der Waals surface area contributed by atoms with Crippen molar-refractivity contribution in [3.63, 3.8) is 0 Å². The summed E-state index contributed by atoms with van der Waals surface area (Å²) in [6, 6.07) is 5.52. The number of hydrogen-bond donors (Lipinski definition) is 1. The van der Waals surface area contributed by atoms with Crippen molar-refractivity contribution in [3.8, 4) is 0 Å². The molecule has 0 amide bonds. The van der Waals surface area contributed by atoms with Gasteiger partial charge in [0.15, 0.2) is 0 Å².